The molecule has 10 nitrogen and oxygen atoms in total. The molecule has 0 unspecified atom stereocenters. The third-order valence-electron chi connectivity index (χ3n) is 4.35. The molecule has 3 N–H and O–H groups in total. The fourth-order valence-electron chi connectivity index (χ4n) is 2.88. The quantitative estimate of drug-likeness (QED) is 0.330. The van der Waals surface area contributed by atoms with Crippen molar-refractivity contribution in [3.05, 3.63) is 35.4 Å². The second-order valence-electron chi connectivity index (χ2n) is 6.16. The van der Waals surface area contributed by atoms with Crippen molar-refractivity contribution in [3.8, 4) is 34.5 Å². The number of rotatable bonds is 10. The number of hydrogen-bond acceptors (Lipinski definition) is 8. The highest BCUT2D eigenvalue weighted by Crippen LogP contribution is 2.39. The Labute approximate surface area is 180 Å². The molecule has 0 aromatic heterocycles. The van der Waals surface area contributed by atoms with Gasteiger partial charge < -0.3 is 34.2 Å². The first kappa shape index (κ1) is 23.5. The van der Waals surface area contributed by atoms with Crippen LogP contribution in [-0.4, -0.2) is 54.4 Å². The number of hydrazone groups is 1. The summed E-state index contributed by atoms with van der Waals surface area (Å²) in [5.41, 5.74) is 9.60. The Hall–Kier alpha value is -3.82. The highest BCUT2D eigenvalue weighted by Gasteiger charge is 2.16. The highest BCUT2D eigenvalue weighted by atomic mass is 16.5. The van der Waals surface area contributed by atoms with Crippen molar-refractivity contribution in [2.45, 2.75) is 6.42 Å². The summed E-state index contributed by atoms with van der Waals surface area (Å²) in [7, 11) is 9.00. The Balaban J connectivity index is 2.20. The first-order valence-corrected chi connectivity index (χ1v) is 9.13. The molecule has 0 aliphatic carbocycles. The molecule has 168 valence electrons. The topological polar surface area (TPSA) is 123 Å². The lowest BCUT2D eigenvalue weighted by atomic mass is 10.1. The molecule has 0 saturated carbocycles. The Bertz CT molecular complexity index is 910. The number of carbonyl (C=O) groups excluding carboxylic acids is 1. The average Bonchev–Trinajstić information content (AvgIpc) is 2.80. The van der Waals surface area contributed by atoms with Gasteiger partial charge in [-0.3, -0.25) is 4.79 Å². The maximum absolute atomic E-state index is 12.4. The lowest BCUT2D eigenvalue weighted by molar-refractivity contribution is -0.120. The van der Waals surface area contributed by atoms with E-state index < -0.39 is 0 Å². The van der Waals surface area contributed by atoms with Crippen molar-refractivity contribution in [1.82, 2.24) is 5.43 Å². The van der Waals surface area contributed by atoms with E-state index in [4.69, 9.17) is 34.2 Å². The van der Waals surface area contributed by atoms with Gasteiger partial charge in [0.1, 0.15) is 0 Å². The van der Waals surface area contributed by atoms with Gasteiger partial charge in [-0.1, -0.05) is 0 Å². The molecule has 0 bridgehead atoms. The van der Waals surface area contributed by atoms with Gasteiger partial charge in [0.05, 0.1) is 49.1 Å². The number of nitrogens with two attached hydrogens (primary N) is 1. The van der Waals surface area contributed by atoms with Crippen LogP contribution in [0.15, 0.2) is 29.4 Å². The van der Waals surface area contributed by atoms with Gasteiger partial charge in [0, 0.05) is 5.56 Å². The molecular formula is C21H27N3O7. The summed E-state index contributed by atoms with van der Waals surface area (Å²) >= 11 is 0. The van der Waals surface area contributed by atoms with Gasteiger partial charge >= 0.3 is 0 Å². The lowest BCUT2D eigenvalue weighted by Crippen LogP contribution is -2.25. The Morgan fingerprint density at radius 3 is 1.58 bits per heavy atom. The van der Waals surface area contributed by atoms with E-state index in [2.05, 4.69) is 10.5 Å². The fraction of sp³-hybridized carbons (Fsp3) is 0.333. The summed E-state index contributed by atoms with van der Waals surface area (Å²) in [4.78, 5) is 12.4. The zero-order valence-corrected chi connectivity index (χ0v) is 18.4. The maximum atomic E-state index is 12.4. The van der Waals surface area contributed by atoms with Crippen molar-refractivity contribution < 1.29 is 33.2 Å². The SMILES string of the molecule is COc1cc(CC(=O)N/N=C(\N)c2cc(OC)c(OC)c(OC)c2)cc(OC)c1OC. The second kappa shape index (κ2) is 10.8. The van der Waals surface area contributed by atoms with Crippen LogP contribution in [0.1, 0.15) is 11.1 Å². The summed E-state index contributed by atoms with van der Waals surface area (Å²) in [6.07, 6.45) is 0.0166. The molecule has 10 heteroatoms. The van der Waals surface area contributed by atoms with Crippen molar-refractivity contribution in [2.75, 3.05) is 42.7 Å². The van der Waals surface area contributed by atoms with Crippen LogP contribution in [0.25, 0.3) is 0 Å². The van der Waals surface area contributed by atoms with E-state index in [9.17, 15) is 4.79 Å². The molecule has 0 heterocycles. The number of nitrogens with one attached hydrogen (secondary N) is 1. The second-order valence-corrected chi connectivity index (χ2v) is 6.16. The predicted octanol–water partition coefficient (Wildman–Crippen LogP) is 1.72. The smallest absolute Gasteiger partial charge is 0.244 e. The summed E-state index contributed by atoms with van der Waals surface area (Å²) < 4.78 is 31.8. The van der Waals surface area contributed by atoms with Crippen molar-refractivity contribution in [3.63, 3.8) is 0 Å². The predicted molar refractivity (Wildman–Crippen MR) is 115 cm³/mol. The first-order chi connectivity index (χ1) is 14.9. The number of ether oxygens (including phenoxy) is 6. The van der Waals surface area contributed by atoms with Gasteiger partial charge in [0.2, 0.25) is 17.4 Å². The number of benzene rings is 2. The summed E-state index contributed by atoms with van der Waals surface area (Å²) in [6.45, 7) is 0. The fourth-order valence-corrected chi connectivity index (χ4v) is 2.88. The molecule has 0 aliphatic rings. The molecule has 2 aromatic rings. The number of methoxy groups -OCH3 is 6. The molecule has 31 heavy (non-hydrogen) atoms. The van der Waals surface area contributed by atoms with Gasteiger partial charge in [0.15, 0.2) is 28.8 Å². The monoisotopic (exact) mass is 433 g/mol. The number of carbonyl (C=O) groups is 1. The summed E-state index contributed by atoms with van der Waals surface area (Å²) in [6, 6.07) is 6.64. The first-order valence-electron chi connectivity index (χ1n) is 9.13. The molecule has 0 radical (unpaired) electrons. The van der Waals surface area contributed by atoms with Gasteiger partial charge in [-0.25, -0.2) is 5.43 Å². The molecule has 0 saturated heterocycles. The van der Waals surface area contributed by atoms with Crippen LogP contribution in [0.4, 0.5) is 0 Å². The van der Waals surface area contributed by atoms with Crippen LogP contribution in [-0.2, 0) is 11.2 Å². The number of amidine groups is 1. The minimum atomic E-state index is -0.385. The van der Waals surface area contributed by atoms with Crippen molar-refractivity contribution >= 4 is 11.7 Å². The highest BCUT2D eigenvalue weighted by molar-refractivity contribution is 5.99. The molecule has 1 amide bonds. The molecule has 2 aromatic carbocycles. The lowest BCUT2D eigenvalue weighted by Gasteiger charge is -2.14. The van der Waals surface area contributed by atoms with Crippen LogP contribution in [0.5, 0.6) is 34.5 Å². The zero-order chi connectivity index (χ0) is 23.0. The van der Waals surface area contributed by atoms with Crippen LogP contribution in [0, 0.1) is 0 Å². The number of nitrogens with zero attached hydrogens (tertiary/aromatic N) is 1. The van der Waals surface area contributed by atoms with Crippen LogP contribution >= 0.6 is 0 Å². The third-order valence-corrected chi connectivity index (χ3v) is 4.35. The van der Waals surface area contributed by atoms with E-state index >= 15 is 0 Å². The largest absolute Gasteiger partial charge is 0.493 e. The summed E-state index contributed by atoms with van der Waals surface area (Å²) in [5.74, 6) is 2.28. The van der Waals surface area contributed by atoms with E-state index in [1.54, 1.807) is 24.3 Å². The average molecular weight is 433 g/mol. The normalized spacial score (nSPS) is 10.8. The van der Waals surface area contributed by atoms with E-state index in [0.29, 0.717) is 45.6 Å². The van der Waals surface area contributed by atoms with Crippen molar-refractivity contribution in [1.29, 1.82) is 0 Å². The molecule has 0 aliphatic heterocycles. The standard InChI is InChI=1S/C21H27N3O7/c1-26-14-7-12(8-15(27-2)19(14)30-5)9-18(25)23-24-21(22)13-10-16(28-3)20(31-6)17(11-13)29-4/h7-8,10-11H,9H2,1-6H3,(H2,22,24)(H,23,25). The van der Waals surface area contributed by atoms with Crippen LogP contribution in [0.3, 0.4) is 0 Å². The number of hydrogen-bond donors (Lipinski definition) is 2. The van der Waals surface area contributed by atoms with E-state index in [-0.39, 0.29) is 18.2 Å². The minimum absolute atomic E-state index is 0.0166. The molecule has 2 rings (SSSR count). The van der Waals surface area contributed by atoms with Gasteiger partial charge in [0.25, 0.3) is 0 Å². The zero-order valence-electron chi connectivity index (χ0n) is 18.4. The Morgan fingerprint density at radius 2 is 1.19 bits per heavy atom. The molecule has 0 atom stereocenters. The van der Waals surface area contributed by atoms with Gasteiger partial charge in [-0.05, 0) is 29.8 Å². The molecule has 0 spiro atoms. The Kier molecular flexibility index (Phi) is 8.18. The van der Waals surface area contributed by atoms with E-state index in [0.717, 1.165) is 0 Å². The van der Waals surface area contributed by atoms with E-state index in [1.165, 1.54) is 42.7 Å². The molecular weight excluding hydrogens is 406 g/mol. The van der Waals surface area contributed by atoms with E-state index in [1.807, 2.05) is 0 Å². The van der Waals surface area contributed by atoms with Crippen LogP contribution < -0.4 is 39.6 Å². The van der Waals surface area contributed by atoms with Gasteiger partial charge in [-0.15, -0.1) is 0 Å². The maximum Gasteiger partial charge on any atom is 0.244 e. The van der Waals surface area contributed by atoms with Crippen molar-refractivity contribution in [2.24, 2.45) is 10.8 Å². The number of amides is 1. The molecule has 0 fully saturated rings. The minimum Gasteiger partial charge on any atom is -0.493 e. The Morgan fingerprint density at radius 1 is 0.774 bits per heavy atom. The third kappa shape index (κ3) is 5.41. The van der Waals surface area contributed by atoms with Gasteiger partial charge in [-0.2, -0.15) is 5.10 Å². The summed E-state index contributed by atoms with van der Waals surface area (Å²) in [5, 5.41) is 3.97. The van der Waals surface area contributed by atoms with Crippen LogP contribution in [0.2, 0.25) is 0 Å².